The monoisotopic (exact) mass is 366 g/mol. The zero-order valence-electron chi connectivity index (χ0n) is 16.3. The minimum Gasteiger partial charge on any atom is -0.495 e. The van der Waals surface area contributed by atoms with Crippen LogP contribution >= 0.6 is 0 Å². The van der Waals surface area contributed by atoms with Crippen molar-refractivity contribution in [3.8, 4) is 5.75 Å². The van der Waals surface area contributed by atoms with Crippen LogP contribution in [0.2, 0.25) is 0 Å². The van der Waals surface area contributed by atoms with Gasteiger partial charge < -0.3 is 15.8 Å². The first kappa shape index (κ1) is 19.2. The van der Waals surface area contributed by atoms with Crippen molar-refractivity contribution in [3.05, 3.63) is 59.7 Å². The molecule has 3 rings (SSSR count). The number of hydrogen-bond acceptors (Lipinski definition) is 3. The van der Waals surface area contributed by atoms with E-state index in [1.165, 1.54) is 31.5 Å². The minimum absolute atomic E-state index is 0.381. The second kappa shape index (κ2) is 9.42. The highest BCUT2D eigenvalue weighted by atomic mass is 16.5. The van der Waals surface area contributed by atoms with Crippen molar-refractivity contribution in [1.29, 1.82) is 0 Å². The molecule has 0 atom stereocenters. The van der Waals surface area contributed by atoms with Crippen LogP contribution in [0.3, 0.4) is 0 Å². The highest BCUT2D eigenvalue weighted by Gasteiger charge is 2.15. The number of benzene rings is 2. The van der Waals surface area contributed by atoms with Gasteiger partial charge in [-0.3, -0.25) is 4.90 Å². The van der Waals surface area contributed by atoms with Gasteiger partial charge in [-0.15, -0.1) is 0 Å². The van der Waals surface area contributed by atoms with Crippen molar-refractivity contribution in [2.45, 2.75) is 32.9 Å². The largest absolute Gasteiger partial charge is 0.495 e. The number of rotatable bonds is 6. The summed E-state index contributed by atoms with van der Waals surface area (Å²) in [5, 5.41) is 3.10. The normalized spacial score (nSPS) is 16.3. The third kappa shape index (κ3) is 5.73. The molecule has 1 aliphatic rings. The summed E-state index contributed by atoms with van der Waals surface area (Å²) in [6.45, 7) is 6.35. The van der Waals surface area contributed by atoms with E-state index in [0.29, 0.717) is 12.5 Å². The third-order valence-corrected chi connectivity index (χ3v) is 5.11. The molecule has 0 aromatic heterocycles. The van der Waals surface area contributed by atoms with Crippen LogP contribution in [0.4, 0.5) is 5.69 Å². The summed E-state index contributed by atoms with van der Waals surface area (Å²) in [5.41, 5.74) is 9.34. The van der Waals surface area contributed by atoms with Crippen LogP contribution in [-0.4, -0.2) is 31.1 Å². The summed E-state index contributed by atoms with van der Waals surface area (Å²) in [4.78, 5) is 6.98. The van der Waals surface area contributed by atoms with Gasteiger partial charge in [-0.25, -0.2) is 4.99 Å². The smallest absolute Gasteiger partial charge is 0.193 e. The summed E-state index contributed by atoms with van der Waals surface area (Å²) in [7, 11) is 1.64. The fourth-order valence-electron chi connectivity index (χ4n) is 3.33. The molecule has 2 aromatic rings. The maximum absolute atomic E-state index is 6.02. The highest BCUT2D eigenvalue weighted by molar-refractivity contribution is 5.93. The first-order valence-electron chi connectivity index (χ1n) is 9.64. The lowest BCUT2D eigenvalue weighted by molar-refractivity contribution is 0.185. The van der Waals surface area contributed by atoms with Gasteiger partial charge in [-0.05, 0) is 55.1 Å². The van der Waals surface area contributed by atoms with E-state index in [2.05, 4.69) is 46.4 Å². The maximum Gasteiger partial charge on any atom is 0.193 e. The van der Waals surface area contributed by atoms with E-state index in [1.54, 1.807) is 7.11 Å². The molecule has 5 nitrogen and oxygen atoms in total. The summed E-state index contributed by atoms with van der Waals surface area (Å²) < 4.78 is 5.31. The van der Waals surface area contributed by atoms with E-state index < -0.39 is 0 Å². The Hall–Kier alpha value is -2.53. The number of anilines is 1. The number of para-hydroxylation sites is 2. The predicted octanol–water partition coefficient (Wildman–Crippen LogP) is 3.85. The Bertz CT molecular complexity index is 749. The van der Waals surface area contributed by atoms with Crippen molar-refractivity contribution in [2.24, 2.45) is 16.6 Å². The number of nitrogens with one attached hydrogen (secondary N) is 1. The Morgan fingerprint density at radius 2 is 1.78 bits per heavy atom. The van der Waals surface area contributed by atoms with Crippen molar-refractivity contribution >= 4 is 11.6 Å². The van der Waals surface area contributed by atoms with Crippen LogP contribution in [0.5, 0.6) is 5.75 Å². The highest BCUT2D eigenvalue weighted by Crippen LogP contribution is 2.22. The van der Waals surface area contributed by atoms with Crippen molar-refractivity contribution < 1.29 is 4.74 Å². The average molecular weight is 367 g/mol. The summed E-state index contributed by atoms with van der Waals surface area (Å²) in [5.74, 6) is 1.99. The summed E-state index contributed by atoms with van der Waals surface area (Å²) in [6, 6.07) is 16.3. The fourth-order valence-corrected chi connectivity index (χ4v) is 3.33. The average Bonchev–Trinajstić information content (AvgIpc) is 2.69. The van der Waals surface area contributed by atoms with Crippen molar-refractivity contribution in [2.75, 3.05) is 25.5 Å². The van der Waals surface area contributed by atoms with E-state index in [1.807, 2.05) is 24.3 Å². The molecule has 2 aromatic carbocycles. The van der Waals surface area contributed by atoms with E-state index in [4.69, 9.17) is 10.5 Å². The molecule has 144 valence electrons. The molecule has 0 aliphatic carbocycles. The molecule has 0 spiro atoms. The molecular formula is C22H30N4O. The van der Waals surface area contributed by atoms with Crippen molar-refractivity contribution in [1.82, 2.24) is 4.90 Å². The Morgan fingerprint density at radius 3 is 2.48 bits per heavy atom. The van der Waals surface area contributed by atoms with Crippen LogP contribution in [0.15, 0.2) is 53.5 Å². The Labute approximate surface area is 162 Å². The molecular weight excluding hydrogens is 336 g/mol. The molecule has 1 fully saturated rings. The standard InChI is InChI=1S/C22H30N4O/c1-17-11-13-26(14-12-17)16-19-9-7-18(8-10-19)15-24-22(23)25-20-5-3-4-6-21(20)27-2/h3-10,17H,11-16H2,1-2H3,(H3,23,24,25). The number of guanidine groups is 1. The summed E-state index contributed by atoms with van der Waals surface area (Å²) in [6.07, 6.45) is 2.62. The molecule has 0 unspecified atom stereocenters. The van der Waals surface area contributed by atoms with E-state index in [-0.39, 0.29) is 0 Å². The first-order valence-corrected chi connectivity index (χ1v) is 9.64. The SMILES string of the molecule is COc1ccccc1NC(N)=NCc1ccc(CN2CCC(C)CC2)cc1. The van der Waals surface area contributed by atoms with Gasteiger partial charge in [-0.2, -0.15) is 0 Å². The molecule has 1 aliphatic heterocycles. The number of likely N-dealkylation sites (tertiary alicyclic amines) is 1. The Balaban J connectivity index is 1.52. The number of aliphatic imine (C=N–C) groups is 1. The van der Waals surface area contributed by atoms with Gasteiger partial charge in [0.25, 0.3) is 0 Å². The molecule has 1 heterocycles. The van der Waals surface area contributed by atoms with E-state index in [0.717, 1.165) is 29.5 Å². The van der Waals surface area contributed by atoms with Crippen molar-refractivity contribution in [3.63, 3.8) is 0 Å². The van der Waals surface area contributed by atoms with E-state index >= 15 is 0 Å². The summed E-state index contributed by atoms with van der Waals surface area (Å²) >= 11 is 0. The molecule has 0 saturated carbocycles. The molecule has 3 N–H and O–H groups in total. The first-order chi connectivity index (χ1) is 13.1. The lowest BCUT2D eigenvalue weighted by Crippen LogP contribution is -2.32. The maximum atomic E-state index is 6.02. The van der Waals surface area contributed by atoms with Crippen LogP contribution in [0.1, 0.15) is 30.9 Å². The van der Waals surface area contributed by atoms with Crippen LogP contribution in [0.25, 0.3) is 0 Å². The van der Waals surface area contributed by atoms with Gasteiger partial charge in [0.1, 0.15) is 5.75 Å². The minimum atomic E-state index is 0.381. The number of nitrogens with zero attached hydrogens (tertiary/aromatic N) is 2. The fraction of sp³-hybridized carbons (Fsp3) is 0.409. The quantitative estimate of drug-likeness (QED) is 0.602. The van der Waals surface area contributed by atoms with Crippen LogP contribution in [0, 0.1) is 5.92 Å². The van der Waals surface area contributed by atoms with Gasteiger partial charge in [0.05, 0.1) is 19.3 Å². The molecule has 1 saturated heterocycles. The molecule has 0 radical (unpaired) electrons. The lowest BCUT2D eigenvalue weighted by Gasteiger charge is -2.30. The Kier molecular flexibility index (Phi) is 6.71. The lowest BCUT2D eigenvalue weighted by atomic mass is 9.99. The Morgan fingerprint density at radius 1 is 1.11 bits per heavy atom. The van der Waals surface area contributed by atoms with Gasteiger partial charge in [0.15, 0.2) is 5.96 Å². The molecule has 0 bridgehead atoms. The van der Waals surface area contributed by atoms with E-state index in [9.17, 15) is 0 Å². The van der Waals surface area contributed by atoms with Crippen LogP contribution < -0.4 is 15.8 Å². The van der Waals surface area contributed by atoms with Gasteiger partial charge >= 0.3 is 0 Å². The second-order valence-electron chi connectivity index (χ2n) is 7.30. The van der Waals surface area contributed by atoms with Crippen LogP contribution in [-0.2, 0) is 13.1 Å². The van der Waals surface area contributed by atoms with Gasteiger partial charge in [-0.1, -0.05) is 43.3 Å². The number of nitrogens with two attached hydrogens (primary N) is 1. The zero-order chi connectivity index (χ0) is 19.1. The third-order valence-electron chi connectivity index (χ3n) is 5.11. The number of ether oxygens (including phenoxy) is 1. The zero-order valence-corrected chi connectivity index (χ0v) is 16.3. The predicted molar refractivity (Wildman–Crippen MR) is 112 cm³/mol. The van der Waals surface area contributed by atoms with Gasteiger partial charge in [0, 0.05) is 6.54 Å². The molecule has 27 heavy (non-hydrogen) atoms. The molecule has 0 amide bonds. The number of piperidine rings is 1. The topological polar surface area (TPSA) is 62.9 Å². The number of hydrogen-bond donors (Lipinski definition) is 2. The molecule has 5 heteroatoms. The second-order valence-corrected chi connectivity index (χ2v) is 7.30. The number of methoxy groups -OCH3 is 1. The van der Waals surface area contributed by atoms with Gasteiger partial charge in [0.2, 0.25) is 0 Å².